The van der Waals surface area contributed by atoms with E-state index in [2.05, 4.69) is 10.1 Å². The minimum absolute atomic E-state index is 0. The van der Waals surface area contributed by atoms with Crippen molar-refractivity contribution in [2.45, 2.75) is 32.6 Å². The summed E-state index contributed by atoms with van der Waals surface area (Å²) in [4.78, 5) is 11.7. The van der Waals surface area contributed by atoms with Crippen molar-refractivity contribution < 1.29 is 22.7 Å². The molecular formula is C14H20ClF3N2O2. The van der Waals surface area contributed by atoms with Crippen LogP contribution in [0.5, 0.6) is 5.75 Å². The summed E-state index contributed by atoms with van der Waals surface area (Å²) < 4.78 is 40.8. The van der Waals surface area contributed by atoms with E-state index in [-0.39, 0.29) is 42.6 Å². The number of rotatable bonds is 6. The number of hydrogen-bond donors (Lipinski definition) is 2. The normalized spacial score (nSPS) is 13.7. The average Bonchev–Trinajstić information content (AvgIpc) is 2.41. The summed E-state index contributed by atoms with van der Waals surface area (Å²) in [5.74, 6) is -0.430. The molecule has 0 aliphatic heterocycles. The lowest BCUT2D eigenvalue weighted by atomic mass is 10.0. The summed E-state index contributed by atoms with van der Waals surface area (Å²) >= 11 is 0. The largest absolute Gasteiger partial charge is 0.484 e. The van der Waals surface area contributed by atoms with E-state index in [4.69, 9.17) is 5.73 Å². The molecule has 1 rings (SSSR count). The first-order chi connectivity index (χ1) is 9.69. The number of carbonyl (C=O) groups excluding carboxylic acids is 1. The van der Waals surface area contributed by atoms with Crippen molar-refractivity contribution >= 4 is 18.3 Å². The van der Waals surface area contributed by atoms with Crippen molar-refractivity contribution in [3.8, 4) is 5.75 Å². The minimum Gasteiger partial charge on any atom is -0.484 e. The Labute approximate surface area is 133 Å². The standard InChI is InChI=1S/C14H19F3N2O2.ClH/c1-9(10(2)18)13(20)19-7-11-4-3-5-12(6-11)21-8-14(15,16)17;/h3-6,9-10H,7-8,18H2,1-2H3,(H,19,20);1H. The highest BCUT2D eigenvalue weighted by Crippen LogP contribution is 2.19. The predicted molar refractivity (Wildman–Crippen MR) is 79.9 cm³/mol. The number of nitrogens with one attached hydrogen (secondary N) is 1. The zero-order valence-corrected chi connectivity index (χ0v) is 13.1. The molecule has 1 aromatic rings. The molecule has 0 radical (unpaired) electrons. The lowest BCUT2D eigenvalue weighted by molar-refractivity contribution is -0.153. The molecule has 0 bridgehead atoms. The molecule has 1 aromatic carbocycles. The van der Waals surface area contributed by atoms with Crippen molar-refractivity contribution in [2.24, 2.45) is 11.7 Å². The van der Waals surface area contributed by atoms with Gasteiger partial charge >= 0.3 is 6.18 Å². The van der Waals surface area contributed by atoms with Gasteiger partial charge in [-0.1, -0.05) is 19.1 Å². The molecule has 0 aliphatic rings. The molecular weight excluding hydrogens is 321 g/mol. The summed E-state index contributed by atoms with van der Waals surface area (Å²) in [7, 11) is 0. The SMILES string of the molecule is CC(N)C(C)C(=O)NCc1cccc(OCC(F)(F)F)c1.Cl. The third kappa shape index (κ3) is 7.51. The smallest absolute Gasteiger partial charge is 0.422 e. The molecule has 0 aromatic heterocycles. The number of ether oxygens (including phenoxy) is 1. The van der Waals surface area contributed by atoms with Gasteiger partial charge in [-0.25, -0.2) is 0 Å². The van der Waals surface area contributed by atoms with E-state index in [9.17, 15) is 18.0 Å². The van der Waals surface area contributed by atoms with Crippen molar-refractivity contribution in [3.63, 3.8) is 0 Å². The maximum atomic E-state index is 12.1. The van der Waals surface area contributed by atoms with E-state index in [0.29, 0.717) is 5.56 Å². The predicted octanol–water partition coefficient (Wildman–Crippen LogP) is 2.65. The zero-order chi connectivity index (χ0) is 16.0. The fraction of sp³-hybridized carbons (Fsp3) is 0.500. The van der Waals surface area contributed by atoms with Gasteiger partial charge in [-0.3, -0.25) is 4.79 Å². The molecule has 4 nitrogen and oxygen atoms in total. The van der Waals surface area contributed by atoms with E-state index in [1.807, 2.05) is 0 Å². The molecule has 0 saturated heterocycles. The molecule has 0 spiro atoms. The van der Waals surface area contributed by atoms with Gasteiger partial charge in [-0.05, 0) is 24.6 Å². The van der Waals surface area contributed by atoms with E-state index in [1.54, 1.807) is 26.0 Å². The first-order valence-corrected chi connectivity index (χ1v) is 6.51. The van der Waals surface area contributed by atoms with Gasteiger partial charge < -0.3 is 15.8 Å². The summed E-state index contributed by atoms with van der Waals surface area (Å²) in [6, 6.07) is 5.88. The highest BCUT2D eigenvalue weighted by atomic mass is 35.5. The van der Waals surface area contributed by atoms with Crippen LogP contribution in [0, 0.1) is 5.92 Å². The maximum absolute atomic E-state index is 12.1. The number of carbonyl (C=O) groups is 1. The average molecular weight is 341 g/mol. The Morgan fingerprint density at radius 1 is 1.36 bits per heavy atom. The summed E-state index contributed by atoms with van der Waals surface area (Å²) in [5.41, 5.74) is 6.28. The Hall–Kier alpha value is -1.47. The van der Waals surface area contributed by atoms with Gasteiger partial charge in [0.2, 0.25) is 5.91 Å². The zero-order valence-electron chi connectivity index (χ0n) is 12.3. The Morgan fingerprint density at radius 2 is 2.00 bits per heavy atom. The van der Waals surface area contributed by atoms with Gasteiger partial charge in [0.25, 0.3) is 0 Å². The fourth-order valence-electron chi connectivity index (χ4n) is 1.50. The first-order valence-electron chi connectivity index (χ1n) is 6.51. The van der Waals surface area contributed by atoms with Crippen LogP contribution in [0.15, 0.2) is 24.3 Å². The summed E-state index contributed by atoms with van der Waals surface area (Å²) in [5, 5.41) is 2.68. The van der Waals surface area contributed by atoms with Crippen LogP contribution in [0.25, 0.3) is 0 Å². The van der Waals surface area contributed by atoms with Gasteiger partial charge in [0, 0.05) is 18.5 Å². The first kappa shape index (κ1) is 20.5. The second kappa shape index (κ2) is 8.85. The van der Waals surface area contributed by atoms with E-state index in [0.717, 1.165) is 0 Å². The third-order valence-electron chi connectivity index (χ3n) is 2.97. The molecule has 0 saturated carbocycles. The number of alkyl halides is 3. The molecule has 2 atom stereocenters. The quantitative estimate of drug-likeness (QED) is 0.836. The van der Waals surface area contributed by atoms with Gasteiger partial charge in [-0.15, -0.1) is 12.4 Å². The molecule has 2 unspecified atom stereocenters. The highest BCUT2D eigenvalue weighted by Gasteiger charge is 2.28. The third-order valence-corrected chi connectivity index (χ3v) is 2.97. The van der Waals surface area contributed by atoms with Crippen LogP contribution in [0.2, 0.25) is 0 Å². The van der Waals surface area contributed by atoms with Crippen molar-refractivity contribution in [1.29, 1.82) is 0 Å². The molecule has 1 amide bonds. The van der Waals surface area contributed by atoms with E-state index < -0.39 is 12.8 Å². The summed E-state index contributed by atoms with van der Waals surface area (Å²) in [6.45, 7) is 2.31. The van der Waals surface area contributed by atoms with Crippen LogP contribution in [0.3, 0.4) is 0 Å². The van der Waals surface area contributed by atoms with Crippen LogP contribution in [-0.2, 0) is 11.3 Å². The highest BCUT2D eigenvalue weighted by molar-refractivity contribution is 5.85. The Kier molecular flexibility index (Phi) is 8.26. The second-order valence-electron chi connectivity index (χ2n) is 4.92. The molecule has 8 heteroatoms. The van der Waals surface area contributed by atoms with Gasteiger partial charge in [0.15, 0.2) is 6.61 Å². The Bertz CT molecular complexity index is 481. The number of nitrogens with two attached hydrogens (primary N) is 1. The van der Waals surface area contributed by atoms with Crippen molar-refractivity contribution in [3.05, 3.63) is 29.8 Å². The van der Waals surface area contributed by atoms with Crippen molar-refractivity contribution in [1.82, 2.24) is 5.32 Å². The fourth-order valence-corrected chi connectivity index (χ4v) is 1.50. The number of benzene rings is 1. The topological polar surface area (TPSA) is 64.4 Å². The van der Waals surface area contributed by atoms with Crippen LogP contribution in [0.1, 0.15) is 19.4 Å². The lowest BCUT2D eigenvalue weighted by Crippen LogP contribution is -2.38. The van der Waals surface area contributed by atoms with Crippen molar-refractivity contribution in [2.75, 3.05) is 6.61 Å². The lowest BCUT2D eigenvalue weighted by Gasteiger charge is -2.15. The monoisotopic (exact) mass is 340 g/mol. The van der Waals surface area contributed by atoms with Gasteiger partial charge in [0.1, 0.15) is 5.75 Å². The maximum Gasteiger partial charge on any atom is 0.422 e. The van der Waals surface area contributed by atoms with Gasteiger partial charge in [-0.2, -0.15) is 13.2 Å². The second-order valence-corrected chi connectivity index (χ2v) is 4.92. The molecule has 0 fully saturated rings. The van der Waals surface area contributed by atoms with Crippen LogP contribution in [-0.4, -0.2) is 24.7 Å². The number of halogens is 4. The summed E-state index contributed by atoms with van der Waals surface area (Å²) in [6.07, 6.45) is -4.38. The Balaban J connectivity index is 0.00000441. The number of amides is 1. The molecule has 3 N–H and O–H groups in total. The Morgan fingerprint density at radius 3 is 2.55 bits per heavy atom. The van der Waals surface area contributed by atoms with Gasteiger partial charge in [0.05, 0.1) is 0 Å². The van der Waals surface area contributed by atoms with Crippen LogP contribution in [0.4, 0.5) is 13.2 Å². The molecule has 126 valence electrons. The van der Waals surface area contributed by atoms with E-state index in [1.165, 1.54) is 12.1 Å². The minimum atomic E-state index is -4.38. The number of hydrogen-bond acceptors (Lipinski definition) is 3. The molecule has 0 aliphatic carbocycles. The van der Waals surface area contributed by atoms with E-state index >= 15 is 0 Å². The van der Waals surface area contributed by atoms with Crippen LogP contribution < -0.4 is 15.8 Å². The molecule has 0 heterocycles. The molecule has 22 heavy (non-hydrogen) atoms. The van der Waals surface area contributed by atoms with Crippen LogP contribution >= 0.6 is 12.4 Å².